The Bertz CT molecular complexity index is 575. The highest BCUT2D eigenvalue weighted by Crippen LogP contribution is 2.23. The zero-order valence-corrected chi connectivity index (χ0v) is 10.8. The molecule has 5 heteroatoms. The van der Waals surface area contributed by atoms with Gasteiger partial charge in [0, 0.05) is 28.9 Å². The Balaban J connectivity index is 2.25. The Kier molecular flexibility index (Phi) is 4.35. The van der Waals surface area contributed by atoms with Crippen LogP contribution in [-0.4, -0.2) is 6.54 Å². The first-order valence-electron chi connectivity index (χ1n) is 5.77. The van der Waals surface area contributed by atoms with Crippen LogP contribution in [0.2, 0.25) is 5.02 Å². The molecular weight excluding hydrogens is 270 g/mol. The van der Waals surface area contributed by atoms with Gasteiger partial charge in [-0.2, -0.15) is 0 Å². The van der Waals surface area contributed by atoms with Gasteiger partial charge in [0.2, 0.25) is 0 Å². The van der Waals surface area contributed by atoms with E-state index in [-0.39, 0.29) is 6.54 Å². The van der Waals surface area contributed by atoms with Crippen LogP contribution in [-0.2, 0) is 0 Å². The first-order chi connectivity index (χ1) is 9.10. The second-order valence-electron chi connectivity index (χ2n) is 4.11. The lowest BCUT2D eigenvalue weighted by Crippen LogP contribution is -2.21. The first kappa shape index (κ1) is 13.8. The second-order valence-corrected chi connectivity index (χ2v) is 4.55. The van der Waals surface area contributed by atoms with Crippen LogP contribution in [0.1, 0.15) is 11.6 Å². The van der Waals surface area contributed by atoms with E-state index in [4.69, 9.17) is 17.3 Å². The molecule has 2 aromatic carbocycles. The number of hydrogen-bond acceptors (Lipinski definition) is 2. The Morgan fingerprint density at radius 2 is 1.95 bits per heavy atom. The normalized spacial score (nSPS) is 12.2. The molecule has 1 atom stereocenters. The molecular formula is C14H13ClF2N2. The summed E-state index contributed by atoms with van der Waals surface area (Å²) >= 11 is 5.87. The first-order valence-corrected chi connectivity index (χ1v) is 6.15. The lowest BCUT2D eigenvalue weighted by Gasteiger charge is -2.19. The SMILES string of the molecule is NCC(Nc1cccc(Cl)c1)c1ccc(F)cc1F. The van der Waals surface area contributed by atoms with Crippen molar-refractivity contribution >= 4 is 17.3 Å². The lowest BCUT2D eigenvalue weighted by atomic mass is 10.1. The van der Waals surface area contributed by atoms with E-state index in [2.05, 4.69) is 5.32 Å². The minimum absolute atomic E-state index is 0.176. The van der Waals surface area contributed by atoms with Crippen molar-refractivity contribution in [2.75, 3.05) is 11.9 Å². The highest BCUT2D eigenvalue weighted by molar-refractivity contribution is 6.30. The summed E-state index contributed by atoms with van der Waals surface area (Å²) in [5.41, 5.74) is 6.69. The fourth-order valence-corrected chi connectivity index (χ4v) is 2.02. The average Bonchev–Trinajstić information content (AvgIpc) is 2.37. The second kappa shape index (κ2) is 5.99. The summed E-state index contributed by atoms with van der Waals surface area (Å²) in [7, 11) is 0. The van der Waals surface area contributed by atoms with Gasteiger partial charge in [-0.3, -0.25) is 0 Å². The molecule has 1 unspecified atom stereocenters. The average molecular weight is 283 g/mol. The van der Waals surface area contributed by atoms with Crippen LogP contribution in [0, 0.1) is 11.6 Å². The molecule has 2 aromatic rings. The van der Waals surface area contributed by atoms with Crippen molar-refractivity contribution in [1.29, 1.82) is 0 Å². The Hall–Kier alpha value is -1.65. The van der Waals surface area contributed by atoms with Crippen molar-refractivity contribution in [3.8, 4) is 0 Å². The molecule has 19 heavy (non-hydrogen) atoms. The van der Waals surface area contributed by atoms with Gasteiger partial charge < -0.3 is 11.1 Å². The minimum Gasteiger partial charge on any atom is -0.377 e. The summed E-state index contributed by atoms with van der Waals surface area (Å²) in [4.78, 5) is 0. The zero-order chi connectivity index (χ0) is 13.8. The highest BCUT2D eigenvalue weighted by Gasteiger charge is 2.14. The van der Waals surface area contributed by atoms with Gasteiger partial charge >= 0.3 is 0 Å². The summed E-state index contributed by atoms with van der Waals surface area (Å²) in [5, 5.41) is 3.64. The maximum Gasteiger partial charge on any atom is 0.131 e. The molecule has 2 nitrogen and oxygen atoms in total. The van der Waals surface area contributed by atoms with Crippen LogP contribution in [0.4, 0.5) is 14.5 Å². The molecule has 0 bridgehead atoms. The van der Waals surface area contributed by atoms with E-state index in [0.717, 1.165) is 11.8 Å². The monoisotopic (exact) mass is 282 g/mol. The van der Waals surface area contributed by atoms with Gasteiger partial charge in [-0.1, -0.05) is 23.7 Å². The van der Waals surface area contributed by atoms with Crippen molar-refractivity contribution < 1.29 is 8.78 Å². The van der Waals surface area contributed by atoms with Crippen LogP contribution in [0.25, 0.3) is 0 Å². The fraction of sp³-hybridized carbons (Fsp3) is 0.143. The van der Waals surface area contributed by atoms with Crippen molar-refractivity contribution in [1.82, 2.24) is 0 Å². The molecule has 0 saturated heterocycles. The number of anilines is 1. The van der Waals surface area contributed by atoms with E-state index in [1.165, 1.54) is 12.1 Å². The molecule has 3 N–H and O–H groups in total. The number of hydrogen-bond donors (Lipinski definition) is 2. The van der Waals surface area contributed by atoms with Gasteiger partial charge in [-0.25, -0.2) is 8.78 Å². The molecule has 0 aliphatic rings. The number of nitrogens with one attached hydrogen (secondary N) is 1. The molecule has 100 valence electrons. The van der Waals surface area contributed by atoms with Gasteiger partial charge in [0.1, 0.15) is 11.6 Å². The van der Waals surface area contributed by atoms with Gasteiger partial charge in [-0.15, -0.1) is 0 Å². The van der Waals surface area contributed by atoms with E-state index >= 15 is 0 Å². The number of nitrogens with two attached hydrogens (primary N) is 1. The number of benzene rings is 2. The van der Waals surface area contributed by atoms with Gasteiger partial charge in [-0.05, 0) is 24.3 Å². The molecule has 0 fully saturated rings. The maximum absolute atomic E-state index is 13.7. The molecule has 0 saturated carbocycles. The van der Waals surface area contributed by atoms with Gasteiger partial charge in [0.25, 0.3) is 0 Å². The predicted octanol–water partition coefficient (Wildman–Crippen LogP) is 3.73. The molecule has 0 aliphatic heterocycles. The lowest BCUT2D eigenvalue weighted by molar-refractivity contribution is 0.562. The molecule has 0 radical (unpaired) electrons. The van der Waals surface area contributed by atoms with Crippen LogP contribution in [0.5, 0.6) is 0 Å². The molecule has 0 amide bonds. The summed E-state index contributed by atoms with van der Waals surface area (Å²) in [6.07, 6.45) is 0. The smallest absolute Gasteiger partial charge is 0.131 e. The van der Waals surface area contributed by atoms with Crippen LogP contribution >= 0.6 is 11.6 Å². The summed E-state index contributed by atoms with van der Waals surface area (Å²) in [6.45, 7) is 0.176. The van der Waals surface area contributed by atoms with Gasteiger partial charge in [0.15, 0.2) is 0 Å². The largest absolute Gasteiger partial charge is 0.377 e. The standard InChI is InChI=1S/C14H13ClF2N2/c15-9-2-1-3-11(6-9)19-14(8-18)12-5-4-10(16)7-13(12)17/h1-7,14,19H,8,18H2. The third-order valence-electron chi connectivity index (χ3n) is 2.74. The molecule has 0 aromatic heterocycles. The molecule has 0 spiro atoms. The third kappa shape index (κ3) is 3.43. The topological polar surface area (TPSA) is 38.0 Å². The van der Waals surface area contributed by atoms with Crippen molar-refractivity contribution in [3.63, 3.8) is 0 Å². The van der Waals surface area contributed by atoms with E-state index in [9.17, 15) is 8.78 Å². The highest BCUT2D eigenvalue weighted by atomic mass is 35.5. The van der Waals surface area contributed by atoms with Gasteiger partial charge in [0.05, 0.1) is 6.04 Å². The van der Waals surface area contributed by atoms with E-state index < -0.39 is 17.7 Å². The van der Waals surface area contributed by atoms with E-state index in [1.807, 2.05) is 0 Å². The third-order valence-corrected chi connectivity index (χ3v) is 2.97. The number of halogens is 3. The van der Waals surface area contributed by atoms with E-state index in [1.54, 1.807) is 24.3 Å². The van der Waals surface area contributed by atoms with Crippen molar-refractivity contribution in [3.05, 3.63) is 64.7 Å². The van der Waals surface area contributed by atoms with Crippen LogP contribution in [0.15, 0.2) is 42.5 Å². The van der Waals surface area contributed by atoms with Crippen molar-refractivity contribution in [2.24, 2.45) is 5.73 Å². The summed E-state index contributed by atoms with van der Waals surface area (Å²) < 4.78 is 26.6. The Morgan fingerprint density at radius 3 is 2.58 bits per heavy atom. The summed E-state index contributed by atoms with van der Waals surface area (Å²) in [5.74, 6) is -1.23. The maximum atomic E-state index is 13.7. The minimum atomic E-state index is -0.620. The van der Waals surface area contributed by atoms with E-state index in [0.29, 0.717) is 10.6 Å². The van der Waals surface area contributed by atoms with Crippen LogP contribution in [0.3, 0.4) is 0 Å². The molecule has 2 rings (SSSR count). The number of rotatable bonds is 4. The molecule has 0 aliphatic carbocycles. The summed E-state index contributed by atoms with van der Waals surface area (Å²) in [6, 6.07) is 10.0. The van der Waals surface area contributed by atoms with Crippen molar-refractivity contribution in [2.45, 2.75) is 6.04 Å². The quantitative estimate of drug-likeness (QED) is 0.897. The van der Waals surface area contributed by atoms with Crippen LogP contribution < -0.4 is 11.1 Å². The predicted molar refractivity (Wildman–Crippen MR) is 73.2 cm³/mol. The fourth-order valence-electron chi connectivity index (χ4n) is 1.83. The Labute approximate surface area is 115 Å². The zero-order valence-electron chi connectivity index (χ0n) is 10.0. The Morgan fingerprint density at radius 1 is 1.16 bits per heavy atom. The molecule has 0 heterocycles.